The predicted molar refractivity (Wildman–Crippen MR) is 140 cm³/mol. The van der Waals surface area contributed by atoms with Gasteiger partial charge in [-0.2, -0.15) is 0 Å². The predicted octanol–water partition coefficient (Wildman–Crippen LogP) is 7.83. The molecule has 5 rings (SSSR count). The Morgan fingerprint density at radius 3 is 1.97 bits per heavy atom. The van der Waals surface area contributed by atoms with Crippen LogP contribution in [0.1, 0.15) is 62.4 Å². The minimum atomic E-state index is -0.0529. The maximum absolute atomic E-state index is 5.69. The summed E-state index contributed by atoms with van der Waals surface area (Å²) >= 11 is 0. The van der Waals surface area contributed by atoms with Gasteiger partial charge in [0.05, 0.1) is 24.2 Å². The molecule has 33 heavy (non-hydrogen) atoms. The van der Waals surface area contributed by atoms with Crippen LogP contribution in [-0.2, 0) is 10.8 Å². The van der Waals surface area contributed by atoms with Crippen molar-refractivity contribution in [3.63, 3.8) is 0 Å². The van der Waals surface area contributed by atoms with Gasteiger partial charge >= 0.3 is 0 Å². The minimum absolute atomic E-state index is 0.0311. The second kappa shape index (κ2) is 7.03. The van der Waals surface area contributed by atoms with E-state index in [9.17, 15) is 0 Å². The van der Waals surface area contributed by atoms with Crippen molar-refractivity contribution in [3.8, 4) is 5.75 Å². The van der Waals surface area contributed by atoms with Crippen molar-refractivity contribution < 1.29 is 4.74 Å². The molecule has 0 fully saturated rings. The zero-order valence-electron chi connectivity index (χ0n) is 21.5. The fourth-order valence-corrected chi connectivity index (χ4v) is 5.99. The molecular weight excluding hydrogens is 404 g/mol. The van der Waals surface area contributed by atoms with Gasteiger partial charge in [0.15, 0.2) is 0 Å². The van der Waals surface area contributed by atoms with Gasteiger partial charge in [0.25, 0.3) is 0 Å². The summed E-state index contributed by atoms with van der Waals surface area (Å²) in [6.45, 7) is 18.7. The molecule has 0 aliphatic carbocycles. The van der Waals surface area contributed by atoms with E-state index < -0.39 is 0 Å². The normalized spacial score (nSPS) is 19.7. The summed E-state index contributed by atoms with van der Waals surface area (Å²) in [7, 11) is 1.75. The van der Waals surface area contributed by atoms with Crippen LogP contribution in [0, 0.1) is 20.8 Å². The van der Waals surface area contributed by atoms with Crippen molar-refractivity contribution in [1.82, 2.24) is 0 Å². The molecule has 2 heterocycles. The first-order valence-electron chi connectivity index (χ1n) is 12.0. The Labute approximate surface area is 199 Å². The highest BCUT2D eigenvalue weighted by molar-refractivity contribution is 5.94. The van der Waals surface area contributed by atoms with Gasteiger partial charge in [-0.1, -0.05) is 58.0 Å². The molecule has 3 aromatic carbocycles. The SMILES string of the molecule is COc1cccc(N2c3cccc4c3N(c3c(ccc(C)c3C)C(C)(C)C4(C)C)[C@@H]2C)c1C. The van der Waals surface area contributed by atoms with Gasteiger partial charge in [-0.15, -0.1) is 0 Å². The molecule has 0 bridgehead atoms. The molecule has 3 nitrogen and oxygen atoms in total. The summed E-state index contributed by atoms with van der Waals surface area (Å²) < 4.78 is 5.69. The standard InChI is InChI=1S/C30H36N2O/c1-18-16-17-23-27(19(18)2)32-21(4)31(24-13-11-15-26(33-9)20(24)3)25-14-10-12-22(28(25)32)29(5,6)30(23,7)8/h10-17,21H,1-9H3/t21-/m1/s1. The first kappa shape index (κ1) is 21.9. The lowest BCUT2D eigenvalue weighted by molar-refractivity contribution is 0.307. The molecule has 0 radical (unpaired) electrons. The number of anilines is 4. The van der Waals surface area contributed by atoms with E-state index in [-0.39, 0.29) is 17.0 Å². The number of rotatable bonds is 2. The first-order chi connectivity index (χ1) is 15.5. The third-order valence-electron chi connectivity index (χ3n) is 8.85. The van der Waals surface area contributed by atoms with Gasteiger partial charge in [0.1, 0.15) is 11.9 Å². The fraction of sp³-hybridized carbons (Fsp3) is 0.400. The minimum Gasteiger partial charge on any atom is -0.496 e. The molecule has 0 unspecified atom stereocenters. The largest absolute Gasteiger partial charge is 0.496 e. The molecule has 0 amide bonds. The third-order valence-corrected chi connectivity index (χ3v) is 8.85. The molecule has 2 aliphatic heterocycles. The van der Waals surface area contributed by atoms with E-state index in [4.69, 9.17) is 4.74 Å². The van der Waals surface area contributed by atoms with E-state index in [0.717, 1.165) is 5.75 Å². The second-order valence-corrected chi connectivity index (χ2v) is 10.8. The van der Waals surface area contributed by atoms with Crippen LogP contribution >= 0.6 is 0 Å². The highest BCUT2D eigenvalue weighted by Gasteiger charge is 2.50. The summed E-state index contributed by atoms with van der Waals surface area (Å²) in [5.41, 5.74) is 11.8. The van der Waals surface area contributed by atoms with Crippen molar-refractivity contribution in [1.29, 1.82) is 0 Å². The van der Waals surface area contributed by atoms with Gasteiger partial charge in [-0.25, -0.2) is 0 Å². The number of hydrogen-bond acceptors (Lipinski definition) is 3. The number of aryl methyl sites for hydroxylation is 1. The number of fused-ring (bicyclic) bond motifs is 2. The van der Waals surface area contributed by atoms with E-state index in [0.29, 0.717) is 0 Å². The molecular formula is C30H36N2O. The van der Waals surface area contributed by atoms with Crippen molar-refractivity contribution >= 4 is 22.7 Å². The molecule has 172 valence electrons. The third kappa shape index (κ3) is 2.68. The molecule has 0 saturated heterocycles. The zero-order chi connectivity index (χ0) is 23.9. The molecule has 0 spiro atoms. The number of hydrogen-bond donors (Lipinski definition) is 0. The number of methoxy groups -OCH3 is 1. The van der Waals surface area contributed by atoms with Crippen molar-refractivity contribution in [2.45, 2.75) is 72.4 Å². The van der Waals surface area contributed by atoms with E-state index in [1.807, 2.05) is 6.07 Å². The Hall–Kier alpha value is -2.94. The van der Waals surface area contributed by atoms with Crippen LogP contribution in [0.3, 0.4) is 0 Å². The molecule has 3 heteroatoms. The van der Waals surface area contributed by atoms with Crippen molar-refractivity contribution in [2.24, 2.45) is 0 Å². The lowest BCUT2D eigenvalue weighted by atomic mass is 9.61. The van der Waals surface area contributed by atoms with Crippen LogP contribution in [0.4, 0.5) is 22.7 Å². The maximum atomic E-state index is 5.69. The first-order valence-corrected chi connectivity index (χ1v) is 12.0. The molecule has 2 aliphatic rings. The fourth-order valence-electron chi connectivity index (χ4n) is 5.99. The Kier molecular flexibility index (Phi) is 4.66. The second-order valence-electron chi connectivity index (χ2n) is 10.8. The van der Waals surface area contributed by atoms with E-state index in [1.165, 1.54) is 50.6 Å². The maximum Gasteiger partial charge on any atom is 0.123 e. The topological polar surface area (TPSA) is 15.7 Å². The Morgan fingerprint density at radius 2 is 1.30 bits per heavy atom. The summed E-state index contributed by atoms with van der Waals surface area (Å²) in [6, 6.07) is 17.9. The van der Waals surface area contributed by atoms with Gasteiger partial charge in [-0.3, -0.25) is 0 Å². The van der Waals surface area contributed by atoms with Crippen molar-refractivity contribution in [2.75, 3.05) is 16.9 Å². The molecule has 3 aromatic rings. The number of benzene rings is 3. The van der Waals surface area contributed by atoms with E-state index in [2.05, 4.69) is 108 Å². The van der Waals surface area contributed by atoms with Crippen LogP contribution in [0.5, 0.6) is 5.75 Å². The molecule has 0 aromatic heterocycles. The highest BCUT2D eigenvalue weighted by atomic mass is 16.5. The van der Waals surface area contributed by atoms with Crippen LogP contribution in [-0.4, -0.2) is 13.3 Å². The average molecular weight is 441 g/mol. The van der Waals surface area contributed by atoms with E-state index >= 15 is 0 Å². The molecule has 0 N–H and O–H groups in total. The van der Waals surface area contributed by atoms with Crippen LogP contribution in [0.2, 0.25) is 0 Å². The quantitative estimate of drug-likeness (QED) is 0.404. The van der Waals surface area contributed by atoms with Gasteiger partial charge < -0.3 is 14.5 Å². The summed E-state index contributed by atoms with van der Waals surface area (Å²) in [6.07, 6.45) is 0.135. The monoisotopic (exact) mass is 440 g/mol. The lowest BCUT2D eigenvalue weighted by Crippen LogP contribution is -2.40. The van der Waals surface area contributed by atoms with Gasteiger partial charge in [-0.05, 0) is 68.1 Å². The summed E-state index contributed by atoms with van der Waals surface area (Å²) in [5.74, 6) is 0.928. The summed E-state index contributed by atoms with van der Waals surface area (Å²) in [5, 5.41) is 0. The van der Waals surface area contributed by atoms with Crippen LogP contribution < -0.4 is 14.5 Å². The van der Waals surface area contributed by atoms with Crippen LogP contribution in [0.15, 0.2) is 48.5 Å². The molecule has 1 atom stereocenters. The summed E-state index contributed by atoms with van der Waals surface area (Å²) in [4.78, 5) is 5.11. The Morgan fingerprint density at radius 1 is 0.697 bits per heavy atom. The lowest BCUT2D eigenvalue weighted by Gasteiger charge is -2.43. The smallest absolute Gasteiger partial charge is 0.123 e. The highest BCUT2D eigenvalue weighted by Crippen LogP contribution is 2.61. The number of ether oxygens (including phenoxy) is 1. The zero-order valence-corrected chi connectivity index (χ0v) is 21.5. The van der Waals surface area contributed by atoms with Gasteiger partial charge in [0, 0.05) is 22.1 Å². The van der Waals surface area contributed by atoms with E-state index in [1.54, 1.807) is 7.11 Å². The van der Waals surface area contributed by atoms with Gasteiger partial charge in [0.2, 0.25) is 0 Å². The van der Waals surface area contributed by atoms with Crippen LogP contribution in [0.25, 0.3) is 0 Å². The van der Waals surface area contributed by atoms with Crippen molar-refractivity contribution in [3.05, 3.63) is 76.3 Å². The number of para-hydroxylation sites is 1. The average Bonchev–Trinajstić information content (AvgIpc) is 3.04. The Balaban J connectivity index is 1.89. The Bertz CT molecular complexity index is 1270. The number of nitrogens with zero attached hydrogens (tertiary/aromatic N) is 2. The molecule has 0 saturated carbocycles.